The molecular formula is C15H17N6+. The number of nitrogens with zero attached hydrogens (tertiary/aromatic N) is 6. The highest BCUT2D eigenvalue weighted by atomic mass is 15.3. The maximum atomic E-state index is 4.38. The summed E-state index contributed by atoms with van der Waals surface area (Å²) in [6.07, 6.45) is 5.82. The molecule has 0 unspecified atom stereocenters. The van der Waals surface area contributed by atoms with Gasteiger partial charge in [0.05, 0.1) is 37.9 Å². The number of imidazole rings is 1. The number of hydrogen-bond acceptors (Lipinski definition) is 3. The lowest BCUT2D eigenvalue weighted by molar-refractivity contribution is -0.657. The van der Waals surface area contributed by atoms with E-state index >= 15 is 0 Å². The van der Waals surface area contributed by atoms with Crippen LogP contribution in [0.1, 0.15) is 5.69 Å². The zero-order valence-corrected chi connectivity index (χ0v) is 12.3. The maximum absolute atomic E-state index is 4.38. The average Bonchev–Trinajstić information content (AvgIpc) is 3.05. The van der Waals surface area contributed by atoms with Crippen LogP contribution in [-0.4, -0.2) is 14.3 Å². The molecule has 3 aromatic rings. The summed E-state index contributed by atoms with van der Waals surface area (Å²) in [6.45, 7) is 1.97. The van der Waals surface area contributed by atoms with Crippen LogP contribution in [0.5, 0.6) is 0 Å². The molecule has 0 spiro atoms. The molecule has 0 fully saturated rings. The predicted molar refractivity (Wildman–Crippen MR) is 79.1 cm³/mol. The lowest BCUT2D eigenvalue weighted by Crippen LogP contribution is -2.25. The standard InChI is InChI=1S/C15H17N6/c1-12-8-9-21(18-12)14-6-4-13(5-7-14)16-17-15-19(2)10-11-20(15)3/h4-11H,1-3H3/q+1. The molecule has 0 N–H and O–H groups in total. The van der Waals surface area contributed by atoms with Crippen LogP contribution >= 0.6 is 0 Å². The van der Waals surface area contributed by atoms with Gasteiger partial charge in [0, 0.05) is 11.3 Å². The van der Waals surface area contributed by atoms with Gasteiger partial charge in [0.2, 0.25) is 0 Å². The summed E-state index contributed by atoms with van der Waals surface area (Å²) in [5.41, 5.74) is 2.81. The van der Waals surface area contributed by atoms with Crippen LogP contribution in [0, 0.1) is 6.92 Å². The molecule has 0 saturated heterocycles. The summed E-state index contributed by atoms with van der Waals surface area (Å²) in [7, 11) is 3.88. The van der Waals surface area contributed by atoms with Crippen LogP contribution in [0.25, 0.3) is 5.69 Å². The molecule has 2 heterocycles. The first kappa shape index (κ1) is 13.2. The summed E-state index contributed by atoms with van der Waals surface area (Å²) in [5.74, 6) is 0.793. The summed E-state index contributed by atoms with van der Waals surface area (Å²) in [6, 6.07) is 9.79. The fraction of sp³-hybridized carbons (Fsp3) is 0.200. The van der Waals surface area contributed by atoms with Crippen molar-refractivity contribution in [2.75, 3.05) is 0 Å². The number of aromatic nitrogens is 4. The number of aryl methyl sites for hydroxylation is 3. The zero-order chi connectivity index (χ0) is 14.8. The van der Waals surface area contributed by atoms with Crippen LogP contribution in [0.15, 0.2) is 59.2 Å². The summed E-state index contributed by atoms with van der Waals surface area (Å²) in [5, 5.41) is 12.9. The van der Waals surface area contributed by atoms with Gasteiger partial charge < -0.3 is 0 Å². The first-order chi connectivity index (χ1) is 10.1. The van der Waals surface area contributed by atoms with Gasteiger partial charge in [-0.25, -0.2) is 13.8 Å². The van der Waals surface area contributed by atoms with Gasteiger partial charge >= 0.3 is 5.95 Å². The molecule has 6 heteroatoms. The van der Waals surface area contributed by atoms with Gasteiger partial charge in [0.15, 0.2) is 0 Å². The van der Waals surface area contributed by atoms with E-state index < -0.39 is 0 Å². The van der Waals surface area contributed by atoms with Crippen molar-refractivity contribution in [1.29, 1.82) is 0 Å². The molecule has 3 rings (SSSR count). The first-order valence-electron chi connectivity index (χ1n) is 6.69. The lowest BCUT2D eigenvalue weighted by Gasteiger charge is -2.00. The molecule has 0 aliphatic carbocycles. The zero-order valence-electron chi connectivity index (χ0n) is 12.3. The van der Waals surface area contributed by atoms with Gasteiger partial charge in [-0.1, -0.05) is 5.11 Å². The Labute approximate surface area is 123 Å². The molecule has 6 nitrogen and oxygen atoms in total. The van der Waals surface area contributed by atoms with Crippen molar-refractivity contribution in [3.8, 4) is 5.69 Å². The van der Waals surface area contributed by atoms with E-state index in [1.54, 1.807) is 0 Å². The van der Waals surface area contributed by atoms with E-state index in [-0.39, 0.29) is 0 Å². The van der Waals surface area contributed by atoms with Crippen molar-refractivity contribution in [3.05, 3.63) is 54.6 Å². The minimum atomic E-state index is 0.793. The van der Waals surface area contributed by atoms with Gasteiger partial charge in [-0.3, -0.25) is 0 Å². The van der Waals surface area contributed by atoms with Gasteiger partial charge in [0.25, 0.3) is 0 Å². The third-order valence-electron chi connectivity index (χ3n) is 3.24. The fourth-order valence-corrected chi connectivity index (χ4v) is 2.06. The molecule has 0 bridgehead atoms. The molecule has 0 atom stereocenters. The van der Waals surface area contributed by atoms with Gasteiger partial charge in [-0.15, -0.1) is 0 Å². The third-order valence-corrected chi connectivity index (χ3v) is 3.24. The van der Waals surface area contributed by atoms with Crippen molar-refractivity contribution in [2.45, 2.75) is 6.92 Å². The molecule has 0 radical (unpaired) electrons. The molecule has 0 saturated carbocycles. The molecule has 106 valence electrons. The largest absolute Gasteiger partial charge is 0.421 e. The van der Waals surface area contributed by atoms with Gasteiger partial charge in [-0.05, 0) is 37.3 Å². The highest BCUT2D eigenvalue weighted by Gasteiger charge is 2.10. The van der Waals surface area contributed by atoms with Crippen LogP contribution in [-0.2, 0) is 14.1 Å². The topological polar surface area (TPSA) is 51.4 Å². The van der Waals surface area contributed by atoms with Gasteiger partial charge in [-0.2, -0.15) is 5.10 Å². The number of rotatable bonds is 3. The minimum absolute atomic E-state index is 0.793. The van der Waals surface area contributed by atoms with E-state index in [4.69, 9.17) is 0 Å². The summed E-state index contributed by atoms with van der Waals surface area (Å²) in [4.78, 5) is 0. The summed E-state index contributed by atoms with van der Waals surface area (Å²) < 4.78 is 5.68. The van der Waals surface area contributed by atoms with Crippen molar-refractivity contribution in [2.24, 2.45) is 24.3 Å². The Morgan fingerprint density at radius 3 is 2.38 bits per heavy atom. The van der Waals surface area contributed by atoms with Crippen LogP contribution in [0.3, 0.4) is 0 Å². The van der Waals surface area contributed by atoms with E-state index in [1.165, 1.54) is 0 Å². The van der Waals surface area contributed by atoms with Crippen LogP contribution in [0.2, 0.25) is 0 Å². The van der Waals surface area contributed by atoms with Crippen LogP contribution < -0.4 is 4.57 Å². The van der Waals surface area contributed by atoms with Crippen molar-refractivity contribution < 1.29 is 4.57 Å². The molecule has 2 aromatic heterocycles. The monoisotopic (exact) mass is 281 g/mol. The quantitative estimate of drug-likeness (QED) is 0.538. The van der Waals surface area contributed by atoms with E-state index in [0.717, 1.165) is 23.0 Å². The Morgan fingerprint density at radius 2 is 1.81 bits per heavy atom. The minimum Gasteiger partial charge on any atom is -0.241 e. The van der Waals surface area contributed by atoms with Crippen LogP contribution in [0.4, 0.5) is 11.6 Å². The normalized spacial score (nSPS) is 11.4. The van der Waals surface area contributed by atoms with E-state index in [0.29, 0.717) is 0 Å². The fourth-order valence-electron chi connectivity index (χ4n) is 2.06. The van der Waals surface area contributed by atoms with Gasteiger partial charge in [0.1, 0.15) is 5.69 Å². The molecule has 0 aliphatic heterocycles. The molecule has 0 amide bonds. The smallest absolute Gasteiger partial charge is 0.241 e. The van der Waals surface area contributed by atoms with Crippen molar-refractivity contribution >= 4 is 11.6 Å². The molecular weight excluding hydrogens is 264 g/mol. The second kappa shape index (κ2) is 5.32. The Bertz CT molecular complexity index is 759. The second-order valence-corrected chi connectivity index (χ2v) is 4.94. The SMILES string of the molecule is Cc1ccn(-c2ccc(N=Nc3n(C)cc[n+]3C)cc2)n1. The van der Waals surface area contributed by atoms with E-state index in [2.05, 4.69) is 15.3 Å². The number of benzene rings is 1. The van der Waals surface area contributed by atoms with Crippen molar-refractivity contribution in [1.82, 2.24) is 14.3 Å². The Kier molecular flexibility index (Phi) is 3.35. The first-order valence-corrected chi connectivity index (χ1v) is 6.69. The number of hydrogen-bond donors (Lipinski definition) is 0. The maximum Gasteiger partial charge on any atom is 0.421 e. The third kappa shape index (κ3) is 2.74. The highest BCUT2D eigenvalue weighted by molar-refractivity contribution is 5.44. The molecule has 21 heavy (non-hydrogen) atoms. The molecule has 0 aliphatic rings. The Hall–Kier alpha value is -2.76. The Balaban J connectivity index is 1.82. The highest BCUT2D eigenvalue weighted by Crippen LogP contribution is 2.18. The Morgan fingerprint density at radius 1 is 1.05 bits per heavy atom. The second-order valence-electron chi connectivity index (χ2n) is 4.94. The average molecular weight is 281 g/mol. The van der Waals surface area contributed by atoms with E-state index in [9.17, 15) is 0 Å². The van der Waals surface area contributed by atoms with Crippen molar-refractivity contribution in [3.63, 3.8) is 0 Å². The lowest BCUT2D eigenvalue weighted by atomic mass is 10.3. The van der Waals surface area contributed by atoms with E-state index in [1.807, 2.05) is 83.8 Å². The summed E-state index contributed by atoms with van der Waals surface area (Å²) >= 11 is 0. The number of azo groups is 1. The molecule has 1 aromatic carbocycles. The predicted octanol–water partition coefficient (Wildman–Crippen LogP) is 2.76.